The summed E-state index contributed by atoms with van der Waals surface area (Å²) in [5.41, 5.74) is 8.06. The van der Waals surface area contributed by atoms with E-state index in [0.717, 1.165) is 46.2 Å². The van der Waals surface area contributed by atoms with Crippen LogP contribution in [0.2, 0.25) is 5.02 Å². The first-order valence-electron chi connectivity index (χ1n) is 12.3. The Morgan fingerprint density at radius 2 is 1.95 bits per heavy atom. The number of carbonyl (C=O) groups is 1. The number of allylic oxidation sites excluding steroid dienone is 1. The van der Waals surface area contributed by atoms with E-state index in [-0.39, 0.29) is 11.6 Å². The van der Waals surface area contributed by atoms with E-state index >= 15 is 0 Å². The lowest BCUT2D eigenvalue weighted by Crippen LogP contribution is -2.21. The van der Waals surface area contributed by atoms with Crippen molar-refractivity contribution in [3.8, 4) is 23.3 Å². The van der Waals surface area contributed by atoms with Crippen LogP contribution in [-0.4, -0.2) is 12.6 Å². The number of esters is 1. The molecule has 0 bridgehead atoms. The number of nitrogens with two attached hydrogens (primary N) is 1. The van der Waals surface area contributed by atoms with E-state index in [1.54, 1.807) is 18.2 Å². The van der Waals surface area contributed by atoms with Gasteiger partial charge < -0.3 is 19.9 Å². The molecule has 0 spiro atoms. The lowest BCUT2D eigenvalue weighted by molar-refractivity contribution is 0.0740. The first kappa shape index (κ1) is 25.7. The molecule has 0 fully saturated rings. The Morgan fingerprint density at radius 3 is 2.74 bits per heavy atom. The van der Waals surface area contributed by atoms with E-state index in [9.17, 15) is 10.1 Å². The number of nitriles is 1. The van der Waals surface area contributed by atoms with Crippen molar-refractivity contribution in [1.29, 1.82) is 5.26 Å². The Kier molecular flexibility index (Phi) is 7.54. The smallest absolute Gasteiger partial charge is 0.355 e. The van der Waals surface area contributed by atoms with Crippen LogP contribution in [0, 0.1) is 11.3 Å². The minimum Gasteiger partial charge on any atom is -0.494 e. The molecule has 1 aliphatic heterocycles. The van der Waals surface area contributed by atoms with Crippen molar-refractivity contribution in [3.63, 3.8) is 0 Å². The predicted octanol–water partition coefficient (Wildman–Crippen LogP) is 7.56. The summed E-state index contributed by atoms with van der Waals surface area (Å²) in [4.78, 5) is 13.3. The number of fused-ring (bicyclic) bond motifs is 2. The van der Waals surface area contributed by atoms with Crippen LogP contribution in [0.15, 0.2) is 78.2 Å². The van der Waals surface area contributed by atoms with Crippen LogP contribution in [0.25, 0.3) is 10.1 Å². The van der Waals surface area contributed by atoms with E-state index < -0.39 is 11.9 Å². The fourth-order valence-corrected chi connectivity index (χ4v) is 5.85. The number of thiophene rings is 1. The number of benzene rings is 3. The Bertz CT molecular complexity index is 1590. The first-order chi connectivity index (χ1) is 18.5. The molecule has 5 rings (SSSR count). The van der Waals surface area contributed by atoms with Crippen molar-refractivity contribution in [2.24, 2.45) is 5.73 Å². The zero-order valence-electron chi connectivity index (χ0n) is 20.7. The summed E-state index contributed by atoms with van der Waals surface area (Å²) in [6.45, 7) is 2.78. The van der Waals surface area contributed by atoms with Gasteiger partial charge in [-0.3, -0.25) is 0 Å². The minimum atomic E-state index is -0.558. The number of halogens is 1. The maximum atomic E-state index is 13.0. The van der Waals surface area contributed by atoms with Crippen LogP contribution in [0.5, 0.6) is 17.2 Å². The van der Waals surface area contributed by atoms with Gasteiger partial charge in [0, 0.05) is 21.7 Å². The van der Waals surface area contributed by atoms with Gasteiger partial charge in [0.1, 0.15) is 33.8 Å². The highest BCUT2D eigenvalue weighted by atomic mass is 35.5. The second kappa shape index (κ2) is 11.2. The van der Waals surface area contributed by atoms with Gasteiger partial charge in [-0.2, -0.15) is 5.26 Å². The van der Waals surface area contributed by atoms with Gasteiger partial charge in [-0.1, -0.05) is 67.8 Å². The van der Waals surface area contributed by atoms with Crippen LogP contribution in [-0.2, 0) is 0 Å². The summed E-state index contributed by atoms with van der Waals surface area (Å²) in [6.07, 6.45) is 3.20. The van der Waals surface area contributed by atoms with Gasteiger partial charge in [-0.15, -0.1) is 11.3 Å². The molecule has 1 aliphatic rings. The standard InChI is InChI=1S/C30H25ClN2O4S/c1-2-3-6-14-35-19-9-7-8-18(15-19)26-21-13-12-20(16-24(21)37-29(33)23(26)17-32)36-30(34)28-27(31)22-10-4-5-11-25(22)38-28/h4-5,7-13,15-16,26H,2-3,6,14,33H2,1H3. The molecule has 0 radical (unpaired) electrons. The van der Waals surface area contributed by atoms with Gasteiger partial charge in [-0.25, -0.2) is 4.79 Å². The lowest BCUT2D eigenvalue weighted by atomic mass is 9.83. The molecule has 1 atom stereocenters. The first-order valence-corrected chi connectivity index (χ1v) is 13.5. The van der Waals surface area contributed by atoms with Crippen molar-refractivity contribution in [1.82, 2.24) is 0 Å². The molecule has 0 saturated carbocycles. The van der Waals surface area contributed by atoms with Gasteiger partial charge in [0.25, 0.3) is 0 Å². The summed E-state index contributed by atoms with van der Waals surface area (Å²) in [6, 6.07) is 22.5. The highest BCUT2D eigenvalue weighted by molar-refractivity contribution is 7.21. The zero-order chi connectivity index (χ0) is 26.6. The summed E-state index contributed by atoms with van der Waals surface area (Å²) in [7, 11) is 0. The molecule has 1 aromatic heterocycles. The van der Waals surface area contributed by atoms with Gasteiger partial charge >= 0.3 is 5.97 Å². The highest BCUT2D eigenvalue weighted by Gasteiger charge is 2.31. The molecular formula is C30H25ClN2O4S. The molecular weight excluding hydrogens is 520 g/mol. The minimum absolute atomic E-state index is 0.00953. The monoisotopic (exact) mass is 544 g/mol. The van der Waals surface area contributed by atoms with E-state index in [1.165, 1.54) is 11.3 Å². The maximum Gasteiger partial charge on any atom is 0.355 e. The average molecular weight is 545 g/mol. The average Bonchev–Trinajstić information content (AvgIpc) is 3.27. The molecule has 3 aromatic carbocycles. The van der Waals surface area contributed by atoms with Crippen molar-refractivity contribution < 1.29 is 19.0 Å². The summed E-state index contributed by atoms with van der Waals surface area (Å²) < 4.78 is 18.3. The fraction of sp³-hybridized carbons (Fsp3) is 0.200. The topological polar surface area (TPSA) is 94.6 Å². The van der Waals surface area contributed by atoms with Gasteiger partial charge in [0.2, 0.25) is 5.88 Å². The Hall–Kier alpha value is -3.99. The molecule has 1 unspecified atom stereocenters. The summed E-state index contributed by atoms with van der Waals surface area (Å²) >= 11 is 7.73. The highest BCUT2D eigenvalue weighted by Crippen LogP contribution is 2.44. The number of ether oxygens (including phenoxy) is 3. The van der Waals surface area contributed by atoms with Crippen molar-refractivity contribution in [2.45, 2.75) is 32.1 Å². The SMILES string of the molecule is CCCCCOc1cccc(C2C(C#N)=C(N)Oc3cc(OC(=O)c4sc5ccccc5c4Cl)ccc32)c1. The van der Waals surface area contributed by atoms with Crippen LogP contribution in [0.4, 0.5) is 0 Å². The van der Waals surface area contributed by atoms with Crippen LogP contribution in [0.3, 0.4) is 0 Å². The van der Waals surface area contributed by atoms with E-state index in [0.29, 0.717) is 27.8 Å². The third-order valence-corrected chi connectivity index (χ3v) is 7.98. The van der Waals surface area contributed by atoms with Crippen molar-refractivity contribution >= 4 is 39.0 Å². The Labute approximate surface area is 229 Å². The second-order valence-electron chi connectivity index (χ2n) is 8.88. The van der Waals surface area contributed by atoms with Crippen molar-refractivity contribution in [2.75, 3.05) is 6.61 Å². The van der Waals surface area contributed by atoms with Crippen LogP contribution < -0.4 is 19.9 Å². The van der Waals surface area contributed by atoms with E-state index in [4.69, 9.17) is 31.5 Å². The lowest BCUT2D eigenvalue weighted by Gasteiger charge is -2.27. The van der Waals surface area contributed by atoms with Gasteiger partial charge in [-0.05, 0) is 36.2 Å². The second-order valence-corrected chi connectivity index (χ2v) is 10.3. The number of unbranched alkanes of at least 4 members (excludes halogenated alkanes) is 2. The largest absolute Gasteiger partial charge is 0.494 e. The van der Waals surface area contributed by atoms with Gasteiger partial charge in [0.15, 0.2) is 0 Å². The Balaban J connectivity index is 1.43. The van der Waals surface area contributed by atoms with E-state index in [1.807, 2.05) is 48.5 Å². The van der Waals surface area contributed by atoms with Crippen molar-refractivity contribution in [3.05, 3.63) is 99.2 Å². The Morgan fingerprint density at radius 1 is 1.11 bits per heavy atom. The predicted molar refractivity (Wildman–Crippen MR) is 149 cm³/mol. The normalized spacial score (nSPS) is 14.5. The van der Waals surface area contributed by atoms with Crippen LogP contribution in [0.1, 0.15) is 52.9 Å². The molecule has 2 heterocycles. The van der Waals surface area contributed by atoms with E-state index in [2.05, 4.69) is 13.0 Å². The molecule has 2 N–H and O–H groups in total. The fourth-order valence-electron chi connectivity index (χ4n) is 4.47. The molecule has 4 aromatic rings. The summed E-state index contributed by atoms with van der Waals surface area (Å²) in [5, 5.41) is 11.1. The molecule has 192 valence electrons. The molecule has 0 amide bonds. The number of carbonyl (C=O) groups excluding carboxylic acids is 1. The molecule has 8 heteroatoms. The number of nitrogens with zero attached hydrogens (tertiary/aromatic N) is 1. The van der Waals surface area contributed by atoms with Crippen LogP contribution >= 0.6 is 22.9 Å². The molecule has 0 saturated heterocycles. The number of hydrogen-bond donors (Lipinski definition) is 1. The number of rotatable bonds is 8. The third kappa shape index (κ3) is 5.06. The quantitative estimate of drug-likeness (QED) is 0.140. The molecule has 38 heavy (non-hydrogen) atoms. The summed E-state index contributed by atoms with van der Waals surface area (Å²) in [5.74, 6) is 0.418. The van der Waals surface area contributed by atoms with Gasteiger partial charge in [0.05, 0.1) is 17.5 Å². The maximum absolute atomic E-state index is 13.0. The third-order valence-electron chi connectivity index (χ3n) is 6.33. The zero-order valence-corrected chi connectivity index (χ0v) is 22.3. The molecule has 6 nitrogen and oxygen atoms in total. The molecule has 0 aliphatic carbocycles. The number of hydrogen-bond acceptors (Lipinski definition) is 7.